The van der Waals surface area contributed by atoms with Gasteiger partial charge in [-0.3, -0.25) is 10.1 Å². The van der Waals surface area contributed by atoms with Crippen molar-refractivity contribution in [3.05, 3.63) is 39.9 Å². The predicted octanol–water partition coefficient (Wildman–Crippen LogP) is 1.55. The molecule has 0 saturated carbocycles. The summed E-state index contributed by atoms with van der Waals surface area (Å²) in [5.41, 5.74) is 0.441. The summed E-state index contributed by atoms with van der Waals surface area (Å²) >= 11 is 0. The van der Waals surface area contributed by atoms with E-state index in [1.807, 2.05) is 6.92 Å². The summed E-state index contributed by atoms with van der Waals surface area (Å²) in [6, 6.07) is 5.83. The molecule has 1 aromatic rings. The van der Waals surface area contributed by atoms with E-state index in [9.17, 15) is 14.9 Å². The van der Waals surface area contributed by atoms with Gasteiger partial charge in [-0.15, -0.1) is 0 Å². The summed E-state index contributed by atoms with van der Waals surface area (Å²) in [5.74, 6) is 0. The third-order valence-corrected chi connectivity index (χ3v) is 2.80. The molecule has 0 spiro atoms. The van der Waals surface area contributed by atoms with Gasteiger partial charge in [0.2, 0.25) is 0 Å². The molecule has 0 aliphatic rings. The molecule has 0 aromatic heterocycles. The second-order valence-corrected chi connectivity index (χ2v) is 4.48. The Kier molecular flexibility index (Phi) is 6.45. The topological polar surface area (TPSA) is 104 Å². The van der Waals surface area contributed by atoms with E-state index in [0.29, 0.717) is 18.4 Å². The highest BCUT2D eigenvalue weighted by Gasteiger charge is 2.13. The minimum Gasteiger partial charge on any atom is -0.396 e. The molecule has 20 heavy (non-hydrogen) atoms. The van der Waals surface area contributed by atoms with E-state index < -0.39 is 4.92 Å². The van der Waals surface area contributed by atoms with Gasteiger partial charge in [-0.2, -0.15) is 0 Å². The molecule has 0 saturated heterocycles. The molecular formula is C13H19N3O4. The zero-order valence-corrected chi connectivity index (χ0v) is 11.3. The van der Waals surface area contributed by atoms with Gasteiger partial charge in [0.1, 0.15) is 0 Å². The van der Waals surface area contributed by atoms with Crippen LogP contribution in [0.3, 0.4) is 0 Å². The Hall–Kier alpha value is -2.15. The fourth-order valence-corrected chi connectivity index (χ4v) is 1.76. The first kappa shape index (κ1) is 15.9. The average Bonchev–Trinajstić information content (AvgIpc) is 2.43. The Morgan fingerprint density at radius 3 is 2.80 bits per heavy atom. The second-order valence-electron chi connectivity index (χ2n) is 4.48. The van der Waals surface area contributed by atoms with Crippen LogP contribution in [-0.2, 0) is 6.54 Å². The number of para-hydroxylation sites is 1. The van der Waals surface area contributed by atoms with Crippen molar-refractivity contribution in [1.29, 1.82) is 0 Å². The number of urea groups is 1. The number of nitrogens with zero attached hydrogens (tertiary/aromatic N) is 1. The van der Waals surface area contributed by atoms with Gasteiger partial charge < -0.3 is 15.7 Å². The number of carbonyl (C=O) groups excluding carboxylic acids is 1. The van der Waals surface area contributed by atoms with Crippen molar-refractivity contribution in [3.8, 4) is 0 Å². The molecule has 110 valence electrons. The van der Waals surface area contributed by atoms with E-state index in [0.717, 1.165) is 0 Å². The molecule has 0 heterocycles. The highest BCUT2D eigenvalue weighted by molar-refractivity contribution is 5.74. The van der Waals surface area contributed by atoms with Gasteiger partial charge in [-0.1, -0.05) is 18.2 Å². The van der Waals surface area contributed by atoms with Crippen LogP contribution in [0.25, 0.3) is 0 Å². The van der Waals surface area contributed by atoms with Crippen molar-refractivity contribution in [3.63, 3.8) is 0 Å². The number of nitro groups is 1. The lowest BCUT2D eigenvalue weighted by molar-refractivity contribution is -0.385. The smallest absolute Gasteiger partial charge is 0.315 e. The van der Waals surface area contributed by atoms with Crippen molar-refractivity contribution in [2.24, 2.45) is 0 Å². The quantitative estimate of drug-likeness (QED) is 0.521. The summed E-state index contributed by atoms with van der Waals surface area (Å²) in [6.07, 6.45) is 1.29. The van der Waals surface area contributed by atoms with Gasteiger partial charge in [0, 0.05) is 24.3 Å². The molecule has 7 heteroatoms. The first-order chi connectivity index (χ1) is 9.54. The minimum absolute atomic E-state index is 0.0128. The van der Waals surface area contributed by atoms with E-state index in [4.69, 9.17) is 5.11 Å². The first-order valence-corrected chi connectivity index (χ1v) is 6.42. The summed E-state index contributed by atoms with van der Waals surface area (Å²) in [5, 5.41) is 24.8. The van der Waals surface area contributed by atoms with Gasteiger partial charge in [-0.05, 0) is 19.8 Å². The summed E-state index contributed by atoms with van der Waals surface area (Å²) < 4.78 is 0. The highest BCUT2D eigenvalue weighted by Crippen LogP contribution is 2.16. The average molecular weight is 281 g/mol. The monoisotopic (exact) mass is 281 g/mol. The van der Waals surface area contributed by atoms with Crippen molar-refractivity contribution >= 4 is 11.7 Å². The third-order valence-electron chi connectivity index (χ3n) is 2.80. The molecule has 0 fully saturated rings. The normalized spacial score (nSPS) is 11.7. The maximum absolute atomic E-state index is 11.6. The van der Waals surface area contributed by atoms with Gasteiger partial charge in [-0.25, -0.2) is 4.79 Å². The molecule has 1 atom stereocenters. The molecule has 1 unspecified atom stereocenters. The lowest BCUT2D eigenvalue weighted by atomic mass is 10.2. The molecule has 0 bridgehead atoms. The Morgan fingerprint density at radius 2 is 2.15 bits per heavy atom. The van der Waals surface area contributed by atoms with Crippen LogP contribution < -0.4 is 10.6 Å². The summed E-state index contributed by atoms with van der Waals surface area (Å²) in [7, 11) is 0. The molecule has 0 aliphatic heterocycles. The molecule has 7 nitrogen and oxygen atoms in total. The van der Waals surface area contributed by atoms with E-state index >= 15 is 0 Å². The number of aliphatic hydroxyl groups excluding tert-OH is 1. The van der Waals surface area contributed by atoms with Gasteiger partial charge in [0.25, 0.3) is 5.69 Å². The Morgan fingerprint density at radius 1 is 1.45 bits per heavy atom. The van der Waals surface area contributed by atoms with Gasteiger partial charge in [0.15, 0.2) is 0 Å². The van der Waals surface area contributed by atoms with Crippen LogP contribution in [0.15, 0.2) is 24.3 Å². The van der Waals surface area contributed by atoms with Crippen molar-refractivity contribution < 1.29 is 14.8 Å². The van der Waals surface area contributed by atoms with Crippen LogP contribution in [0.2, 0.25) is 0 Å². The lowest BCUT2D eigenvalue weighted by Gasteiger charge is -2.14. The van der Waals surface area contributed by atoms with Gasteiger partial charge in [0.05, 0.1) is 11.5 Å². The number of nitrogens with one attached hydrogen (secondary N) is 2. The largest absolute Gasteiger partial charge is 0.396 e. The first-order valence-electron chi connectivity index (χ1n) is 6.42. The number of carbonyl (C=O) groups is 1. The molecule has 0 radical (unpaired) electrons. The van der Waals surface area contributed by atoms with Crippen LogP contribution in [-0.4, -0.2) is 28.7 Å². The predicted molar refractivity (Wildman–Crippen MR) is 74.2 cm³/mol. The summed E-state index contributed by atoms with van der Waals surface area (Å²) in [4.78, 5) is 22.0. The zero-order valence-electron chi connectivity index (χ0n) is 11.3. The van der Waals surface area contributed by atoms with E-state index in [1.54, 1.807) is 18.2 Å². The van der Waals surface area contributed by atoms with Crippen LogP contribution in [0.5, 0.6) is 0 Å². The molecular weight excluding hydrogens is 262 g/mol. The van der Waals surface area contributed by atoms with Crippen molar-refractivity contribution in [2.45, 2.75) is 32.4 Å². The number of nitro benzene ring substituents is 1. The minimum atomic E-state index is -0.473. The van der Waals surface area contributed by atoms with Gasteiger partial charge >= 0.3 is 6.03 Å². The maximum atomic E-state index is 11.6. The molecule has 3 N–H and O–H groups in total. The molecule has 1 aromatic carbocycles. The maximum Gasteiger partial charge on any atom is 0.315 e. The van der Waals surface area contributed by atoms with E-state index in [2.05, 4.69) is 10.6 Å². The van der Waals surface area contributed by atoms with E-state index in [1.165, 1.54) is 6.07 Å². The van der Waals surface area contributed by atoms with Crippen molar-refractivity contribution in [1.82, 2.24) is 10.6 Å². The fourth-order valence-electron chi connectivity index (χ4n) is 1.76. The number of amides is 2. The number of aliphatic hydroxyl groups is 1. The molecule has 1 rings (SSSR count). The third kappa shape index (κ3) is 5.23. The number of hydrogen-bond donors (Lipinski definition) is 3. The molecule has 2 amide bonds. The number of hydrogen-bond acceptors (Lipinski definition) is 4. The van der Waals surface area contributed by atoms with Crippen LogP contribution in [0.1, 0.15) is 25.3 Å². The Labute approximate surface area is 117 Å². The van der Waals surface area contributed by atoms with Crippen LogP contribution in [0.4, 0.5) is 10.5 Å². The highest BCUT2D eigenvalue weighted by atomic mass is 16.6. The molecule has 0 aliphatic carbocycles. The zero-order chi connectivity index (χ0) is 15.0. The van der Waals surface area contributed by atoms with Crippen LogP contribution >= 0.6 is 0 Å². The fraction of sp³-hybridized carbons (Fsp3) is 0.462. The van der Waals surface area contributed by atoms with E-state index in [-0.39, 0.29) is 30.9 Å². The van der Waals surface area contributed by atoms with Crippen LogP contribution in [0, 0.1) is 10.1 Å². The number of benzene rings is 1. The lowest BCUT2D eigenvalue weighted by Crippen LogP contribution is -2.40. The second kappa shape index (κ2) is 8.11. The number of rotatable bonds is 7. The SMILES string of the molecule is CC(CCCO)NC(=O)NCc1ccccc1[N+](=O)[O-]. The van der Waals surface area contributed by atoms with Crippen molar-refractivity contribution in [2.75, 3.05) is 6.61 Å². The standard InChI is InChI=1S/C13H19N3O4/c1-10(5-4-8-17)15-13(18)14-9-11-6-2-3-7-12(11)16(19)20/h2-3,6-7,10,17H,4-5,8-9H2,1H3,(H2,14,15,18). The Bertz CT molecular complexity index is 465. The Balaban J connectivity index is 2.47. The summed E-state index contributed by atoms with van der Waals surface area (Å²) in [6.45, 7) is 2.01.